The fourth-order valence-corrected chi connectivity index (χ4v) is 2.90. The Morgan fingerprint density at radius 3 is 2.63 bits per heavy atom. The number of fused-ring (bicyclic) bond motifs is 1. The number of nitrogens with one attached hydrogen (secondary N) is 1. The molecular weight excluding hydrogens is 372 g/mol. The number of anilines is 1. The van der Waals surface area contributed by atoms with Crippen LogP contribution in [0.5, 0.6) is 0 Å². The molecule has 0 radical (unpaired) electrons. The van der Waals surface area contributed by atoms with Gasteiger partial charge in [0.15, 0.2) is 0 Å². The Morgan fingerprint density at radius 1 is 1.19 bits per heavy atom. The van der Waals surface area contributed by atoms with Crippen molar-refractivity contribution in [1.82, 2.24) is 9.88 Å². The number of carbonyl (C=O) groups is 1. The average molecular weight is 390 g/mol. The lowest BCUT2D eigenvalue weighted by Crippen LogP contribution is -2.39. The van der Waals surface area contributed by atoms with E-state index in [9.17, 15) is 13.6 Å². The Labute approximate surface area is 160 Å². The van der Waals surface area contributed by atoms with Gasteiger partial charge in [-0.3, -0.25) is 0 Å². The number of rotatable bonds is 4. The fraction of sp³-hybridized carbons (Fsp3) is 0.200. The minimum Gasteiger partial charge on any atom is -0.318 e. The SMILES string of the molecule is CC(C)N(Cc1cc2ccccc2nc1Cl)C(=O)Nc1ccc(F)cc1F. The van der Waals surface area contributed by atoms with E-state index in [1.807, 2.05) is 44.2 Å². The highest BCUT2D eigenvalue weighted by atomic mass is 35.5. The molecule has 0 saturated heterocycles. The van der Waals surface area contributed by atoms with Crippen molar-refractivity contribution in [3.05, 3.63) is 70.9 Å². The average Bonchev–Trinajstić information content (AvgIpc) is 2.61. The van der Waals surface area contributed by atoms with E-state index in [-0.39, 0.29) is 18.3 Å². The van der Waals surface area contributed by atoms with E-state index in [1.165, 1.54) is 11.0 Å². The zero-order chi connectivity index (χ0) is 19.6. The van der Waals surface area contributed by atoms with Crippen molar-refractivity contribution in [3.63, 3.8) is 0 Å². The maximum atomic E-state index is 13.8. The summed E-state index contributed by atoms with van der Waals surface area (Å²) in [4.78, 5) is 18.5. The molecule has 0 aliphatic heterocycles. The monoisotopic (exact) mass is 389 g/mol. The van der Waals surface area contributed by atoms with Crippen molar-refractivity contribution >= 4 is 34.2 Å². The fourth-order valence-electron chi connectivity index (χ4n) is 2.70. The van der Waals surface area contributed by atoms with Gasteiger partial charge in [0.05, 0.1) is 17.7 Å². The molecule has 3 rings (SSSR count). The number of urea groups is 1. The maximum absolute atomic E-state index is 13.8. The second-order valence-corrected chi connectivity index (χ2v) is 6.76. The molecular formula is C20H18ClF2N3O. The van der Waals surface area contributed by atoms with Gasteiger partial charge in [0.1, 0.15) is 16.8 Å². The van der Waals surface area contributed by atoms with Crippen LogP contribution in [0.15, 0.2) is 48.5 Å². The van der Waals surface area contributed by atoms with Crippen LogP contribution in [-0.2, 0) is 6.54 Å². The molecule has 3 aromatic rings. The number of carbonyl (C=O) groups excluding carboxylic acids is 1. The first-order chi connectivity index (χ1) is 12.8. The zero-order valence-electron chi connectivity index (χ0n) is 14.8. The molecule has 1 aromatic heterocycles. The molecule has 2 amide bonds. The van der Waals surface area contributed by atoms with Crippen LogP contribution in [0.25, 0.3) is 10.9 Å². The number of para-hydroxylation sites is 1. The number of pyridine rings is 1. The van der Waals surface area contributed by atoms with Crippen LogP contribution in [0.3, 0.4) is 0 Å². The molecule has 0 spiro atoms. The summed E-state index contributed by atoms with van der Waals surface area (Å²) in [5.74, 6) is -1.54. The standard InChI is InChI=1S/C20H18ClF2N3O/c1-12(2)26(20(27)25-18-8-7-15(22)10-16(18)23)11-14-9-13-5-3-4-6-17(13)24-19(14)21/h3-10,12H,11H2,1-2H3,(H,25,27). The highest BCUT2D eigenvalue weighted by Gasteiger charge is 2.20. The van der Waals surface area contributed by atoms with Crippen LogP contribution in [-0.4, -0.2) is 22.0 Å². The quantitative estimate of drug-likeness (QED) is 0.589. The summed E-state index contributed by atoms with van der Waals surface area (Å²) >= 11 is 6.29. The highest BCUT2D eigenvalue weighted by Crippen LogP contribution is 2.23. The summed E-state index contributed by atoms with van der Waals surface area (Å²) in [6.45, 7) is 3.87. The van der Waals surface area contributed by atoms with Crippen LogP contribution in [0.2, 0.25) is 5.15 Å². The van der Waals surface area contributed by atoms with Crippen LogP contribution in [0.4, 0.5) is 19.3 Å². The molecule has 1 N–H and O–H groups in total. The molecule has 0 bridgehead atoms. The van der Waals surface area contributed by atoms with Crippen molar-refractivity contribution in [2.75, 3.05) is 5.32 Å². The Morgan fingerprint density at radius 2 is 1.93 bits per heavy atom. The summed E-state index contributed by atoms with van der Waals surface area (Å²) in [7, 11) is 0. The van der Waals surface area contributed by atoms with E-state index < -0.39 is 17.7 Å². The molecule has 0 aliphatic rings. The van der Waals surface area contributed by atoms with Crippen molar-refractivity contribution in [2.24, 2.45) is 0 Å². The maximum Gasteiger partial charge on any atom is 0.322 e. The van der Waals surface area contributed by atoms with E-state index in [0.717, 1.165) is 23.0 Å². The summed E-state index contributed by atoms with van der Waals surface area (Å²) in [5, 5.41) is 3.69. The predicted octanol–water partition coefficient (Wildman–Crippen LogP) is 5.61. The molecule has 7 heteroatoms. The molecule has 0 fully saturated rings. The van der Waals surface area contributed by atoms with Gasteiger partial charge in [-0.1, -0.05) is 29.8 Å². The minimum atomic E-state index is -0.836. The second-order valence-electron chi connectivity index (χ2n) is 6.41. The normalized spacial score (nSPS) is 11.0. The van der Waals surface area contributed by atoms with Crippen LogP contribution in [0, 0.1) is 11.6 Å². The smallest absolute Gasteiger partial charge is 0.318 e. The molecule has 27 heavy (non-hydrogen) atoms. The lowest BCUT2D eigenvalue weighted by Gasteiger charge is -2.27. The first-order valence-electron chi connectivity index (χ1n) is 8.42. The lowest BCUT2D eigenvalue weighted by molar-refractivity contribution is 0.193. The zero-order valence-corrected chi connectivity index (χ0v) is 15.6. The number of halogens is 3. The Balaban J connectivity index is 1.85. The first kappa shape index (κ1) is 19.0. The number of hydrogen-bond donors (Lipinski definition) is 1. The third kappa shape index (κ3) is 4.34. The van der Waals surface area contributed by atoms with Gasteiger partial charge in [-0.2, -0.15) is 0 Å². The van der Waals surface area contributed by atoms with Gasteiger partial charge in [0.25, 0.3) is 0 Å². The van der Waals surface area contributed by atoms with Gasteiger partial charge in [0, 0.05) is 23.1 Å². The number of amides is 2. The third-order valence-electron chi connectivity index (χ3n) is 4.15. The van der Waals surface area contributed by atoms with Crippen LogP contribution in [0.1, 0.15) is 19.4 Å². The van der Waals surface area contributed by atoms with E-state index in [4.69, 9.17) is 11.6 Å². The molecule has 0 aliphatic carbocycles. The van der Waals surface area contributed by atoms with E-state index in [0.29, 0.717) is 10.7 Å². The summed E-state index contributed by atoms with van der Waals surface area (Å²) < 4.78 is 26.9. The van der Waals surface area contributed by atoms with Crippen LogP contribution < -0.4 is 5.32 Å². The Bertz CT molecular complexity index is 994. The number of nitrogens with zero attached hydrogens (tertiary/aromatic N) is 2. The number of aromatic nitrogens is 1. The highest BCUT2D eigenvalue weighted by molar-refractivity contribution is 6.30. The topological polar surface area (TPSA) is 45.2 Å². The first-order valence-corrected chi connectivity index (χ1v) is 8.80. The van der Waals surface area contributed by atoms with E-state index >= 15 is 0 Å². The Kier molecular flexibility index (Phi) is 5.56. The van der Waals surface area contributed by atoms with E-state index in [2.05, 4.69) is 10.3 Å². The van der Waals surface area contributed by atoms with Gasteiger partial charge in [-0.25, -0.2) is 18.6 Å². The molecule has 0 saturated carbocycles. The molecule has 2 aromatic carbocycles. The number of hydrogen-bond acceptors (Lipinski definition) is 2. The molecule has 1 heterocycles. The Hall–Kier alpha value is -2.73. The van der Waals surface area contributed by atoms with Crippen molar-refractivity contribution < 1.29 is 13.6 Å². The van der Waals surface area contributed by atoms with Gasteiger partial charge >= 0.3 is 6.03 Å². The lowest BCUT2D eigenvalue weighted by atomic mass is 10.1. The molecule has 4 nitrogen and oxygen atoms in total. The van der Waals surface area contributed by atoms with Crippen molar-refractivity contribution in [2.45, 2.75) is 26.4 Å². The molecule has 140 valence electrons. The third-order valence-corrected chi connectivity index (χ3v) is 4.47. The van der Waals surface area contributed by atoms with E-state index in [1.54, 1.807) is 0 Å². The number of benzene rings is 2. The predicted molar refractivity (Wildman–Crippen MR) is 103 cm³/mol. The summed E-state index contributed by atoms with van der Waals surface area (Å²) in [5.41, 5.74) is 1.36. The van der Waals surface area contributed by atoms with Crippen molar-refractivity contribution in [3.8, 4) is 0 Å². The second kappa shape index (κ2) is 7.88. The van der Waals surface area contributed by atoms with Gasteiger partial charge in [-0.05, 0) is 38.1 Å². The van der Waals surface area contributed by atoms with Gasteiger partial charge < -0.3 is 10.2 Å². The molecule has 0 atom stereocenters. The van der Waals surface area contributed by atoms with Crippen molar-refractivity contribution in [1.29, 1.82) is 0 Å². The molecule has 0 unspecified atom stereocenters. The minimum absolute atomic E-state index is 0.0882. The summed E-state index contributed by atoms with van der Waals surface area (Å²) in [6, 6.07) is 11.7. The largest absolute Gasteiger partial charge is 0.322 e. The van der Waals surface area contributed by atoms with Gasteiger partial charge in [0.2, 0.25) is 0 Å². The summed E-state index contributed by atoms with van der Waals surface area (Å²) in [6.07, 6.45) is 0. The van der Waals surface area contributed by atoms with Gasteiger partial charge in [-0.15, -0.1) is 0 Å². The van der Waals surface area contributed by atoms with Crippen LogP contribution >= 0.6 is 11.6 Å².